The minimum Gasteiger partial charge on any atom is -0.369 e. The number of nitrogens with zero attached hydrogens (tertiary/aromatic N) is 1. The molecular weight excluding hydrogens is 240 g/mol. The number of rotatable bonds is 3. The largest absolute Gasteiger partial charge is 0.369 e. The van der Waals surface area contributed by atoms with Gasteiger partial charge in [-0.2, -0.15) is 0 Å². The third-order valence-electron chi connectivity index (χ3n) is 4.69. The molecular formula is C15H26N2O2. The van der Waals surface area contributed by atoms with Crippen LogP contribution in [0.1, 0.15) is 57.8 Å². The van der Waals surface area contributed by atoms with E-state index in [1.807, 2.05) is 4.90 Å². The van der Waals surface area contributed by atoms with Crippen molar-refractivity contribution in [2.24, 2.45) is 17.6 Å². The Morgan fingerprint density at radius 2 is 1.53 bits per heavy atom. The number of carbonyl (C=O) groups is 2. The number of likely N-dealkylation sites (tertiary alicyclic amines) is 1. The Morgan fingerprint density at radius 1 is 0.947 bits per heavy atom. The van der Waals surface area contributed by atoms with Gasteiger partial charge in [0.05, 0.1) is 0 Å². The van der Waals surface area contributed by atoms with E-state index in [-0.39, 0.29) is 17.7 Å². The van der Waals surface area contributed by atoms with Crippen molar-refractivity contribution in [3.8, 4) is 0 Å². The summed E-state index contributed by atoms with van der Waals surface area (Å²) in [4.78, 5) is 25.3. The maximum absolute atomic E-state index is 12.3. The van der Waals surface area contributed by atoms with Gasteiger partial charge in [-0.25, -0.2) is 0 Å². The Bertz CT molecular complexity index is 314. The van der Waals surface area contributed by atoms with E-state index in [1.165, 1.54) is 38.5 Å². The standard InChI is InChI=1S/C15H26N2O2/c16-15(19)13-7-9-17(10-8-13)14(18)11-12-5-3-1-2-4-6-12/h12-13H,1-11H2,(H2,16,19). The van der Waals surface area contributed by atoms with Gasteiger partial charge in [0.25, 0.3) is 0 Å². The van der Waals surface area contributed by atoms with Crippen molar-refractivity contribution in [1.29, 1.82) is 0 Å². The predicted octanol–water partition coefficient (Wildman–Crippen LogP) is 2.07. The lowest BCUT2D eigenvalue weighted by Crippen LogP contribution is -2.42. The molecule has 1 aliphatic heterocycles. The van der Waals surface area contributed by atoms with Crippen molar-refractivity contribution in [1.82, 2.24) is 4.90 Å². The minimum absolute atomic E-state index is 0.0260. The molecule has 1 aliphatic carbocycles. The molecule has 0 atom stereocenters. The van der Waals surface area contributed by atoms with Crippen molar-refractivity contribution < 1.29 is 9.59 Å². The first-order valence-corrected chi connectivity index (χ1v) is 7.74. The van der Waals surface area contributed by atoms with Crippen LogP contribution in [0.4, 0.5) is 0 Å². The van der Waals surface area contributed by atoms with Crippen LogP contribution < -0.4 is 5.73 Å². The van der Waals surface area contributed by atoms with Crippen molar-refractivity contribution in [3.63, 3.8) is 0 Å². The molecule has 2 amide bonds. The second-order valence-electron chi connectivity index (χ2n) is 6.12. The second kappa shape index (κ2) is 6.92. The minimum atomic E-state index is -0.212. The summed E-state index contributed by atoms with van der Waals surface area (Å²) in [5, 5.41) is 0. The van der Waals surface area contributed by atoms with Crippen LogP contribution in [0.15, 0.2) is 0 Å². The zero-order valence-corrected chi connectivity index (χ0v) is 11.8. The van der Waals surface area contributed by atoms with Crippen LogP contribution in [0.5, 0.6) is 0 Å². The van der Waals surface area contributed by atoms with Gasteiger partial charge in [0, 0.05) is 25.4 Å². The van der Waals surface area contributed by atoms with Gasteiger partial charge in [-0.15, -0.1) is 0 Å². The number of nitrogens with two attached hydrogens (primary N) is 1. The summed E-state index contributed by atoms with van der Waals surface area (Å²) in [5.41, 5.74) is 5.31. The summed E-state index contributed by atoms with van der Waals surface area (Å²) in [6, 6.07) is 0. The highest BCUT2D eigenvalue weighted by Crippen LogP contribution is 2.27. The van der Waals surface area contributed by atoms with Gasteiger partial charge in [0.2, 0.25) is 11.8 Å². The molecule has 0 spiro atoms. The van der Waals surface area contributed by atoms with Crippen molar-refractivity contribution in [2.45, 2.75) is 57.8 Å². The van der Waals surface area contributed by atoms with E-state index in [9.17, 15) is 9.59 Å². The normalized spacial score (nSPS) is 23.1. The monoisotopic (exact) mass is 266 g/mol. The van der Waals surface area contributed by atoms with Gasteiger partial charge in [-0.3, -0.25) is 9.59 Å². The summed E-state index contributed by atoms with van der Waals surface area (Å²) in [6.07, 6.45) is 9.83. The molecule has 1 saturated heterocycles. The number of hydrogen-bond donors (Lipinski definition) is 1. The predicted molar refractivity (Wildman–Crippen MR) is 74.3 cm³/mol. The summed E-state index contributed by atoms with van der Waals surface area (Å²) < 4.78 is 0. The number of amides is 2. The molecule has 19 heavy (non-hydrogen) atoms. The van der Waals surface area contributed by atoms with Gasteiger partial charge in [-0.1, -0.05) is 25.7 Å². The first kappa shape index (κ1) is 14.4. The van der Waals surface area contributed by atoms with E-state index in [4.69, 9.17) is 5.73 Å². The van der Waals surface area contributed by atoms with Gasteiger partial charge in [-0.05, 0) is 31.6 Å². The first-order valence-electron chi connectivity index (χ1n) is 7.74. The Labute approximate surface area is 115 Å². The van der Waals surface area contributed by atoms with E-state index in [1.54, 1.807) is 0 Å². The van der Waals surface area contributed by atoms with Crippen molar-refractivity contribution in [3.05, 3.63) is 0 Å². The number of carbonyl (C=O) groups excluding carboxylic acids is 2. The van der Waals surface area contributed by atoms with E-state index in [2.05, 4.69) is 0 Å². The molecule has 1 saturated carbocycles. The molecule has 1 heterocycles. The topological polar surface area (TPSA) is 63.4 Å². The molecule has 4 heteroatoms. The van der Waals surface area contributed by atoms with E-state index < -0.39 is 0 Å². The average Bonchev–Trinajstić information content (AvgIpc) is 2.67. The number of hydrogen-bond acceptors (Lipinski definition) is 2. The highest BCUT2D eigenvalue weighted by molar-refractivity contribution is 5.79. The Kier molecular flexibility index (Phi) is 5.23. The maximum atomic E-state index is 12.3. The molecule has 0 radical (unpaired) electrons. The van der Waals surface area contributed by atoms with Crippen LogP contribution >= 0.6 is 0 Å². The lowest BCUT2D eigenvalue weighted by Gasteiger charge is -2.31. The fraction of sp³-hybridized carbons (Fsp3) is 0.867. The fourth-order valence-electron chi connectivity index (χ4n) is 3.36. The quantitative estimate of drug-likeness (QED) is 0.795. The highest BCUT2D eigenvalue weighted by Gasteiger charge is 2.27. The molecule has 4 nitrogen and oxygen atoms in total. The molecule has 0 aromatic rings. The van der Waals surface area contributed by atoms with Crippen LogP contribution in [0.3, 0.4) is 0 Å². The summed E-state index contributed by atoms with van der Waals surface area (Å²) in [7, 11) is 0. The van der Waals surface area contributed by atoms with Crippen LogP contribution in [0.2, 0.25) is 0 Å². The molecule has 0 bridgehead atoms. The number of piperidine rings is 1. The molecule has 0 unspecified atom stereocenters. The maximum Gasteiger partial charge on any atom is 0.222 e. The zero-order chi connectivity index (χ0) is 13.7. The van der Waals surface area contributed by atoms with Crippen molar-refractivity contribution >= 4 is 11.8 Å². The van der Waals surface area contributed by atoms with Crippen LogP contribution in [0, 0.1) is 11.8 Å². The molecule has 0 aromatic heterocycles. The molecule has 2 N–H and O–H groups in total. The smallest absolute Gasteiger partial charge is 0.222 e. The van der Waals surface area contributed by atoms with Crippen LogP contribution in [0.25, 0.3) is 0 Å². The van der Waals surface area contributed by atoms with Gasteiger partial charge in [0.1, 0.15) is 0 Å². The molecule has 2 aliphatic rings. The summed E-state index contributed by atoms with van der Waals surface area (Å²) in [5.74, 6) is 0.636. The first-order chi connectivity index (χ1) is 9.16. The second-order valence-corrected chi connectivity index (χ2v) is 6.12. The van der Waals surface area contributed by atoms with Crippen LogP contribution in [-0.2, 0) is 9.59 Å². The Morgan fingerprint density at radius 3 is 2.05 bits per heavy atom. The van der Waals surface area contributed by atoms with Crippen LogP contribution in [-0.4, -0.2) is 29.8 Å². The summed E-state index contributed by atoms with van der Waals surface area (Å²) >= 11 is 0. The molecule has 2 rings (SSSR count). The van der Waals surface area contributed by atoms with Gasteiger partial charge >= 0.3 is 0 Å². The molecule has 0 aromatic carbocycles. The molecule has 2 fully saturated rings. The van der Waals surface area contributed by atoms with E-state index >= 15 is 0 Å². The third-order valence-corrected chi connectivity index (χ3v) is 4.69. The Hall–Kier alpha value is -1.06. The fourth-order valence-corrected chi connectivity index (χ4v) is 3.36. The van der Waals surface area contributed by atoms with E-state index in [0.29, 0.717) is 25.4 Å². The van der Waals surface area contributed by atoms with Gasteiger partial charge in [0.15, 0.2) is 0 Å². The SMILES string of the molecule is NC(=O)C1CCN(C(=O)CC2CCCCCC2)CC1. The zero-order valence-electron chi connectivity index (χ0n) is 11.8. The lowest BCUT2D eigenvalue weighted by molar-refractivity contribution is -0.135. The van der Waals surface area contributed by atoms with E-state index in [0.717, 1.165) is 12.8 Å². The van der Waals surface area contributed by atoms with Crippen molar-refractivity contribution in [2.75, 3.05) is 13.1 Å². The van der Waals surface area contributed by atoms with Gasteiger partial charge < -0.3 is 10.6 Å². The number of primary amides is 1. The Balaban J connectivity index is 1.76. The third kappa shape index (κ3) is 4.22. The summed E-state index contributed by atoms with van der Waals surface area (Å²) in [6.45, 7) is 1.42. The lowest BCUT2D eigenvalue weighted by atomic mass is 9.93. The highest BCUT2D eigenvalue weighted by atomic mass is 16.2. The average molecular weight is 266 g/mol. The molecule has 108 valence electrons.